The van der Waals surface area contributed by atoms with Gasteiger partial charge in [-0.1, -0.05) is 6.07 Å². The molecular formula is C12H12O4. The van der Waals surface area contributed by atoms with Gasteiger partial charge in [-0.2, -0.15) is 0 Å². The lowest BCUT2D eigenvalue weighted by molar-refractivity contribution is -0.115. The number of fused-ring (bicyclic) bond motifs is 1. The van der Waals surface area contributed by atoms with E-state index in [2.05, 4.69) is 0 Å². The second kappa shape index (κ2) is 4.35. The number of benzene rings is 1. The lowest BCUT2D eigenvalue weighted by Gasteiger charge is -2.21. The Labute approximate surface area is 93.2 Å². The highest BCUT2D eigenvalue weighted by atomic mass is 16.5. The van der Waals surface area contributed by atoms with Crippen molar-refractivity contribution in [1.82, 2.24) is 0 Å². The van der Waals surface area contributed by atoms with Crippen molar-refractivity contribution in [2.45, 2.75) is 19.4 Å². The van der Waals surface area contributed by atoms with Gasteiger partial charge in [0.2, 0.25) is 0 Å². The van der Waals surface area contributed by atoms with Crippen LogP contribution in [0.5, 0.6) is 5.75 Å². The number of ether oxygens (including phenoxy) is 2. The fourth-order valence-corrected chi connectivity index (χ4v) is 1.72. The molecule has 84 valence electrons. The average molecular weight is 220 g/mol. The number of carbonyl (C=O) groups excluding carboxylic acids is 2. The molecule has 0 aliphatic carbocycles. The van der Waals surface area contributed by atoms with Crippen LogP contribution in [0, 0.1) is 0 Å². The Morgan fingerprint density at radius 2 is 2.38 bits per heavy atom. The smallest absolute Gasteiger partial charge is 0.339 e. The normalized spacial score (nSPS) is 18.6. The van der Waals surface area contributed by atoms with Crippen LogP contribution in [-0.2, 0) is 16.0 Å². The maximum Gasteiger partial charge on any atom is 0.339 e. The third-order valence-electron chi connectivity index (χ3n) is 2.44. The molecule has 0 radical (unpaired) electrons. The molecule has 1 aliphatic heterocycles. The summed E-state index contributed by atoms with van der Waals surface area (Å²) in [7, 11) is 0. The van der Waals surface area contributed by atoms with Crippen molar-refractivity contribution in [3.8, 4) is 5.75 Å². The highest BCUT2D eigenvalue weighted by molar-refractivity contribution is 5.94. The van der Waals surface area contributed by atoms with Gasteiger partial charge in [0.05, 0.1) is 12.2 Å². The van der Waals surface area contributed by atoms with Gasteiger partial charge in [-0.05, 0) is 24.6 Å². The molecule has 4 heteroatoms. The number of cyclic esters (lactones) is 1. The first kappa shape index (κ1) is 10.7. The Morgan fingerprint density at radius 1 is 1.56 bits per heavy atom. The predicted molar refractivity (Wildman–Crippen MR) is 56.6 cm³/mol. The van der Waals surface area contributed by atoms with Gasteiger partial charge < -0.3 is 9.47 Å². The number of aldehydes is 1. The van der Waals surface area contributed by atoms with Crippen molar-refractivity contribution >= 4 is 12.3 Å². The lowest BCUT2D eigenvalue weighted by atomic mass is 9.99. The van der Waals surface area contributed by atoms with E-state index < -0.39 is 12.1 Å². The second-order valence-corrected chi connectivity index (χ2v) is 3.54. The van der Waals surface area contributed by atoms with Gasteiger partial charge in [0.25, 0.3) is 0 Å². The molecule has 1 heterocycles. The first-order valence-corrected chi connectivity index (χ1v) is 5.16. The molecule has 1 aromatic rings. The van der Waals surface area contributed by atoms with E-state index in [0.717, 1.165) is 5.56 Å². The fraction of sp³-hybridized carbons (Fsp3) is 0.333. The van der Waals surface area contributed by atoms with Crippen LogP contribution in [0.4, 0.5) is 0 Å². The molecule has 4 nitrogen and oxygen atoms in total. The van der Waals surface area contributed by atoms with E-state index in [1.807, 2.05) is 6.92 Å². The Hall–Kier alpha value is -1.84. The molecule has 0 fully saturated rings. The minimum atomic E-state index is -0.655. The second-order valence-electron chi connectivity index (χ2n) is 3.54. The monoisotopic (exact) mass is 220 g/mol. The summed E-state index contributed by atoms with van der Waals surface area (Å²) >= 11 is 0. The summed E-state index contributed by atoms with van der Waals surface area (Å²) in [5.74, 6) is 0.183. The van der Waals surface area contributed by atoms with Gasteiger partial charge in [-0.25, -0.2) is 4.79 Å². The van der Waals surface area contributed by atoms with Gasteiger partial charge in [0, 0.05) is 6.42 Å². The summed E-state index contributed by atoms with van der Waals surface area (Å²) < 4.78 is 10.2. The summed E-state index contributed by atoms with van der Waals surface area (Å²) in [5, 5.41) is 0. The number of esters is 1. The van der Waals surface area contributed by atoms with Gasteiger partial charge >= 0.3 is 5.97 Å². The Bertz CT molecular complexity index is 425. The highest BCUT2D eigenvalue weighted by Gasteiger charge is 2.26. The summed E-state index contributed by atoms with van der Waals surface area (Å²) in [6.07, 6.45) is 0.437. The quantitative estimate of drug-likeness (QED) is 0.570. The van der Waals surface area contributed by atoms with Crippen molar-refractivity contribution < 1.29 is 19.1 Å². The zero-order chi connectivity index (χ0) is 11.5. The maximum absolute atomic E-state index is 11.6. The number of rotatable bonds is 3. The van der Waals surface area contributed by atoms with Crippen LogP contribution in [-0.4, -0.2) is 25.0 Å². The van der Waals surface area contributed by atoms with Crippen LogP contribution >= 0.6 is 0 Å². The molecular weight excluding hydrogens is 208 g/mol. The molecule has 1 aromatic carbocycles. The summed E-state index contributed by atoms with van der Waals surface area (Å²) in [5.41, 5.74) is 1.32. The van der Waals surface area contributed by atoms with E-state index in [9.17, 15) is 9.59 Å². The van der Waals surface area contributed by atoms with Crippen LogP contribution in [0.1, 0.15) is 22.8 Å². The zero-order valence-corrected chi connectivity index (χ0v) is 8.93. The molecule has 2 rings (SSSR count). The average Bonchev–Trinajstić information content (AvgIpc) is 2.30. The number of hydrogen-bond donors (Lipinski definition) is 0. The molecule has 16 heavy (non-hydrogen) atoms. The van der Waals surface area contributed by atoms with Crippen molar-refractivity contribution in [3.63, 3.8) is 0 Å². The van der Waals surface area contributed by atoms with Crippen molar-refractivity contribution in [1.29, 1.82) is 0 Å². The third-order valence-corrected chi connectivity index (χ3v) is 2.44. The third kappa shape index (κ3) is 1.91. The van der Waals surface area contributed by atoms with Crippen LogP contribution in [0.15, 0.2) is 18.2 Å². The summed E-state index contributed by atoms with van der Waals surface area (Å²) in [6.45, 7) is 2.42. The first-order valence-electron chi connectivity index (χ1n) is 5.16. The van der Waals surface area contributed by atoms with Crippen LogP contribution < -0.4 is 4.74 Å². The molecule has 0 bridgehead atoms. The van der Waals surface area contributed by atoms with E-state index in [4.69, 9.17) is 9.47 Å². The van der Waals surface area contributed by atoms with Crippen LogP contribution in [0.2, 0.25) is 0 Å². The minimum absolute atomic E-state index is 0.441. The van der Waals surface area contributed by atoms with Gasteiger partial charge in [0.1, 0.15) is 5.75 Å². The molecule has 1 aliphatic rings. The van der Waals surface area contributed by atoms with Crippen LogP contribution in [0.3, 0.4) is 0 Å². The molecule has 0 aromatic heterocycles. The van der Waals surface area contributed by atoms with Crippen molar-refractivity contribution in [2.75, 3.05) is 6.61 Å². The van der Waals surface area contributed by atoms with E-state index in [1.165, 1.54) is 0 Å². The van der Waals surface area contributed by atoms with E-state index in [0.29, 0.717) is 30.6 Å². The minimum Gasteiger partial charge on any atom is -0.494 e. The van der Waals surface area contributed by atoms with Gasteiger partial charge in [-0.15, -0.1) is 0 Å². The van der Waals surface area contributed by atoms with Crippen molar-refractivity contribution in [3.05, 3.63) is 29.3 Å². The zero-order valence-electron chi connectivity index (χ0n) is 8.93. The number of carbonyl (C=O) groups is 2. The highest BCUT2D eigenvalue weighted by Crippen LogP contribution is 2.24. The van der Waals surface area contributed by atoms with E-state index in [-0.39, 0.29) is 0 Å². The Kier molecular flexibility index (Phi) is 2.90. The molecule has 0 saturated heterocycles. The van der Waals surface area contributed by atoms with Gasteiger partial charge in [0.15, 0.2) is 12.4 Å². The van der Waals surface area contributed by atoms with Gasteiger partial charge in [-0.3, -0.25) is 4.79 Å². The predicted octanol–water partition coefficient (Wildman–Crippen LogP) is 1.37. The fourth-order valence-electron chi connectivity index (χ4n) is 1.72. The van der Waals surface area contributed by atoms with E-state index in [1.54, 1.807) is 18.2 Å². The van der Waals surface area contributed by atoms with E-state index >= 15 is 0 Å². The summed E-state index contributed by atoms with van der Waals surface area (Å²) in [4.78, 5) is 22.2. The lowest BCUT2D eigenvalue weighted by Crippen LogP contribution is -2.28. The summed E-state index contributed by atoms with van der Waals surface area (Å²) in [6, 6.07) is 5.25. The van der Waals surface area contributed by atoms with Crippen LogP contribution in [0.25, 0.3) is 0 Å². The standard InChI is InChI=1S/C12H12O4/c1-2-15-9-4-3-8-5-10(7-13)16-12(14)11(8)6-9/h3-4,6-7,10H,2,5H2,1H3. The SMILES string of the molecule is CCOc1ccc2c(c1)C(=O)OC(C=O)C2. The topological polar surface area (TPSA) is 52.6 Å². The Balaban J connectivity index is 2.33. The number of hydrogen-bond acceptors (Lipinski definition) is 4. The Morgan fingerprint density at radius 3 is 3.06 bits per heavy atom. The maximum atomic E-state index is 11.6. The molecule has 0 N–H and O–H groups in total. The largest absolute Gasteiger partial charge is 0.494 e. The molecule has 0 saturated carbocycles. The first-order chi connectivity index (χ1) is 7.74. The molecule has 1 unspecified atom stereocenters. The molecule has 1 atom stereocenters. The molecule has 0 amide bonds. The van der Waals surface area contributed by atoms with Crippen molar-refractivity contribution in [2.24, 2.45) is 0 Å². The molecule has 0 spiro atoms.